The molecule has 0 aromatic heterocycles. The smallest absolute Gasteiger partial charge is 0.311 e. The monoisotopic (exact) mass is 308 g/mol. The van der Waals surface area contributed by atoms with Crippen LogP contribution in [-0.2, 0) is 9.59 Å². The van der Waals surface area contributed by atoms with Gasteiger partial charge in [-0.1, -0.05) is 6.07 Å². The van der Waals surface area contributed by atoms with Crippen LogP contribution in [0.25, 0.3) is 0 Å². The number of hydrogen-bond acceptors (Lipinski definition) is 4. The second kappa shape index (κ2) is 8.26. The lowest BCUT2D eigenvalue weighted by molar-refractivity contribution is -0.145. The number of carbonyl (C=O) groups is 2. The van der Waals surface area contributed by atoms with Gasteiger partial charge in [0.25, 0.3) is 0 Å². The Morgan fingerprint density at radius 3 is 2.23 bits per heavy atom. The number of amides is 2. The average Bonchev–Trinajstić information content (AvgIpc) is 2.54. The van der Waals surface area contributed by atoms with Crippen LogP contribution in [0.15, 0.2) is 18.2 Å². The standard InChI is InChI=1S/C16H24N2O4/c1-6-18(7-2)16(20)15(19)17-11(3)12-8-9-13(21-4)14(10-12)22-5/h8-11H,6-7H2,1-5H3,(H,17,19). The molecule has 0 bridgehead atoms. The Bertz CT molecular complexity index is 527. The SMILES string of the molecule is CCN(CC)C(=O)C(=O)NC(C)c1ccc(OC)c(OC)c1. The topological polar surface area (TPSA) is 67.9 Å². The molecule has 0 aliphatic heterocycles. The summed E-state index contributed by atoms with van der Waals surface area (Å²) in [5.41, 5.74) is 0.832. The number of ether oxygens (including phenoxy) is 2. The van der Waals surface area contributed by atoms with E-state index in [1.165, 1.54) is 4.90 Å². The van der Waals surface area contributed by atoms with Gasteiger partial charge < -0.3 is 19.7 Å². The third-order valence-corrected chi connectivity index (χ3v) is 3.50. The van der Waals surface area contributed by atoms with E-state index in [4.69, 9.17) is 9.47 Å². The second-order valence-corrected chi connectivity index (χ2v) is 4.79. The first-order chi connectivity index (χ1) is 10.5. The summed E-state index contributed by atoms with van der Waals surface area (Å²) in [7, 11) is 3.11. The van der Waals surface area contributed by atoms with Gasteiger partial charge in [0.1, 0.15) is 0 Å². The Balaban J connectivity index is 2.82. The van der Waals surface area contributed by atoms with Crippen LogP contribution in [-0.4, -0.2) is 44.0 Å². The highest BCUT2D eigenvalue weighted by atomic mass is 16.5. The first-order valence-corrected chi connectivity index (χ1v) is 7.30. The summed E-state index contributed by atoms with van der Waals surface area (Å²) in [5.74, 6) is 0.0727. The summed E-state index contributed by atoms with van der Waals surface area (Å²) in [6.45, 7) is 6.51. The molecule has 1 aromatic rings. The minimum absolute atomic E-state index is 0.313. The molecule has 0 radical (unpaired) electrons. The number of benzene rings is 1. The molecule has 6 nitrogen and oxygen atoms in total. The number of hydrogen-bond donors (Lipinski definition) is 1. The largest absolute Gasteiger partial charge is 0.493 e. The van der Waals surface area contributed by atoms with Gasteiger partial charge >= 0.3 is 11.8 Å². The lowest BCUT2D eigenvalue weighted by atomic mass is 10.1. The highest BCUT2D eigenvalue weighted by Crippen LogP contribution is 2.29. The highest BCUT2D eigenvalue weighted by molar-refractivity contribution is 6.35. The van der Waals surface area contributed by atoms with E-state index in [0.29, 0.717) is 24.6 Å². The summed E-state index contributed by atoms with van der Waals surface area (Å²) >= 11 is 0. The number of carbonyl (C=O) groups excluding carboxylic acids is 2. The van der Waals surface area contributed by atoms with Gasteiger partial charge in [-0.25, -0.2) is 0 Å². The molecule has 0 aliphatic rings. The van der Waals surface area contributed by atoms with Crippen molar-refractivity contribution in [1.29, 1.82) is 0 Å². The van der Waals surface area contributed by atoms with Crippen molar-refractivity contribution in [1.82, 2.24) is 10.2 Å². The highest BCUT2D eigenvalue weighted by Gasteiger charge is 2.21. The Kier molecular flexibility index (Phi) is 6.69. The second-order valence-electron chi connectivity index (χ2n) is 4.79. The van der Waals surface area contributed by atoms with E-state index in [9.17, 15) is 9.59 Å². The Morgan fingerprint density at radius 2 is 1.73 bits per heavy atom. The zero-order valence-corrected chi connectivity index (χ0v) is 13.8. The van der Waals surface area contributed by atoms with E-state index in [2.05, 4.69) is 5.32 Å². The van der Waals surface area contributed by atoms with Crippen LogP contribution in [0.3, 0.4) is 0 Å². The average molecular weight is 308 g/mol. The Hall–Kier alpha value is -2.24. The molecule has 1 rings (SSSR count). The van der Waals surface area contributed by atoms with Gasteiger partial charge in [-0.15, -0.1) is 0 Å². The van der Waals surface area contributed by atoms with Crippen molar-refractivity contribution in [2.75, 3.05) is 27.3 Å². The maximum atomic E-state index is 12.0. The fourth-order valence-corrected chi connectivity index (χ4v) is 2.12. The summed E-state index contributed by atoms with van der Waals surface area (Å²) < 4.78 is 10.4. The van der Waals surface area contributed by atoms with E-state index in [0.717, 1.165) is 5.56 Å². The third-order valence-electron chi connectivity index (χ3n) is 3.50. The van der Waals surface area contributed by atoms with Gasteiger partial charge in [-0.3, -0.25) is 9.59 Å². The predicted octanol–water partition coefficient (Wildman–Crippen LogP) is 1.75. The fraction of sp³-hybridized carbons (Fsp3) is 0.500. The van der Waals surface area contributed by atoms with Gasteiger partial charge in [0.2, 0.25) is 0 Å². The van der Waals surface area contributed by atoms with Gasteiger partial charge in [-0.2, -0.15) is 0 Å². The minimum Gasteiger partial charge on any atom is -0.493 e. The molecule has 6 heteroatoms. The molecule has 1 aromatic carbocycles. The van der Waals surface area contributed by atoms with Crippen LogP contribution in [0, 0.1) is 0 Å². The molecule has 1 atom stereocenters. The summed E-state index contributed by atoms with van der Waals surface area (Å²) in [5, 5.41) is 2.71. The van der Waals surface area contributed by atoms with Gasteiger partial charge in [0, 0.05) is 13.1 Å². The van der Waals surface area contributed by atoms with E-state index in [1.807, 2.05) is 26.8 Å². The molecular weight excluding hydrogens is 284 g/mol. The quantitative estimate of drug-likeness (QED) is 0.813. The number of methoxy groups -OCH3 is 2. The van der Waals surface area contributed by atoms with Crippen molar-refractivity contribution in [2.24, 2.45) is 0 Å². The zero-order chi connectivity index (χ0) is 16.7. The van der Waals surface area contributed by atoms with Crippen molar-refractivity contribution in [3.8, 4) is 11.5 Å². The first-order valence-electron chi connectivity index (χ1n) is 7.30. The molecule has 122 valence electrons. The Morgan fingerprint density at radius 1 is 1.14 bits per heavy atom. The van der Waals surface area contributed by atoms with Crippen LogP contribution in [0.2, 0.25) is 0 Å². The number of likely N-dealkylation sites (N-methyl/N-ethyl adjacent to an activating group) is 1. The molecule has 0 saturated heterocycles. The molecule has 0 spiro atoms. The normalized spacial score (nSPS) is 11.5. The number of nitrogens with one attached hydrogen (secondary N) is 1. The lowest BCUT2D eigenvalue weighted by Crippen LogP contribution is -2.43. The molecule has 1 N–H and O–H groups in total. The Labute approximate surface area is 131 Å². The van der Waals surface area contributed by atoms with E-state index in [1.54, 1.807) is 26.4 Å². The molecule has 1 unspecified atom stereocenters. The fourth-order valence-electron chi connectivity index (χ4n) is 2.12. The summed E-state index contributed by atoms with van der Waals surface area (Å²) in [6.07, 6.45) is 0. The van der Waals surface area contributed by atoms with Crippen molar-refractivity contribution in [3.05, 3.63) is 23.8 Å². The van der Waals surface area contributed by atoms with Crippen LogP contribution in [0.1, 0.15) is 32.4 Å². The molecule has 0 fully saturated rings. The lowest BCUT2D eigenvalue weighted by Gasteiger charge is -2.20. The molecular formula is C16H24N2O4. The summed E-state index contributed by atoms with van der Waals surface area (Å²) in [4.78, 5) is 25.5. The van der Waals surface area contributed by atoms with Crippen molar-refractivity contribution in [2.45, 2.75) is 26.8 Å². The van der Waals surface area contributed by atoms with Crippen molar-refractivity contribution in [3.63, 3.8) is 0 Å². The van der Waals surface area contributed by atoms with Crippen LogP contribution in [0.5, 0.6) is 11.5 Å². The number of nitrogens with zero attached hydrogens (tertiary/aromatic N) is 1. The maximum Gasteiger partial charge on any atom is 0.311 e. The van der Waals surface area contributed by atoms with Gasteiger partial charge in [0.05, 0.1) is 20.3 Å². The van der Waals surface area contributed by atoms with E-state index in [-0.39, 0.29) is 6.04 Å². The zero-order valence-electron chi connectivity index (χ0n) is 13.8. The van der Waals surface area contributed by atoms with Crippen molar-refractivity contribution >= 4 is 11.8 Å². The molecule has 22 heavy (non-hydrogen) atoms. The van der Waals surface area contributed by atoms with Crippen LogP contribution < -0.4 is 14.8 Å². The maximum absolute atomic E-state index is 12.0. The van der Waals surface area contributed by atoms with E-state index < -0.39 is 11.8 Å². The predicted molar refractivity (Wildman–Crippen MR) is 84.0 cm³/mol. The van der Waals surface area contributed by atoms with Crippen LogP contribution in [0.4, 0.5) is 0 Å². The molecule has 2 amide bonds. The molecule has 0 aliphatic carbocycles. The van der Waals surface area contributed by atoms with Gasteiger partial charge in [-0.05, 0) is 38.5 Å². The third kappa shape index (κ3) is 4.13. The van der Waals surface area contributed by atoms with E-state index >= 15 is 0 Å². The van der Waals surface area contributed by atoms with Gasteiger partial charge in [0.15, 0.2) is 11.5 Å². The molecule has 0 heterocycles. The summed E-state index contributed by atoms with van der Waals surface area (Å²) in [6, 6.07) is 5.06. The number of rotatable bonds is 6. The molecule has 0 saturated carbocycles. The first kappa shape index (κ1) is 17.8. The van der Waals surface area contributed by atoms with Crippen LogP contribution >= 0.6 is 0 Å². The van der Waals surface area contributed by atoms with Crippen molar-refractivity contribution < 1.29 is 19.1 Å². The minimum atomic E-state index is -0.606.